The van der Waals surface area contributed by atoms with Crippen LogP contribution in [-0.4, -0.2) is 0 Å². The zero-order chi connectivity index (χ0) is 11.1. The molecule has 2 rings (SSSR count). The Bertz CT molecular complexity index is 403. The molecule has 0 fully saturated rings. The predicted octanol–water partition coefficient (Wildman–Crippen LogP) is 3.77. The van der Waals surface area contributed by atoms with Gasteiger partial charge in [-0.2, -0.15) is 0 Å². The van der Waals surface area contributed by atoms with Crippen LogP contribution in [0.1, 0.15) is 19.3 Å². The zero-order valence-corrected chi connectivity index (χ0v) is 9.39. The fraction of sp³-hybridized carbons (Fsp3) is 0.200. The second-order valence-corrected chi connectivity index (χ2v) is 3.81. The highest BCUT2D eigenvalue weighted by Crippen LogP contribution is 2.08. The maximum atomic E-state index is 3.44. The minimum atomic E-state index is 0.992. The molecular formula is C15H17N. The van der Waals surface area contributed by atoms with Gasteiger partial charge in [0.2, 0.25) is 0 Å². The zero-order valence-electron chi connectivity index (χ0n) is 9.39. The maximum Gasteiger partial charge on any atom is 0.0346 e. The van der Waals surface area contributed by atoms with E-state index >= 15 is 0 Å². The van der Waals surface area contributed by atoms with Crippen LogP contribution in [0.15, 0.2) is 72.2 Å². The molecule has 2 aliphatic rings. The van der Waals surface area contributed by atoms with Gasteiger partial charge in [0.05, 0.1) is 0 Å². The largest absolute Gasteiger partial charge is 0.356 e. The first-order chi connectivity index (χ1) is 7.95. The summed E-state index contributed by atoms with van der Waals surface area (Å²) in [5.41, 5.74) is 2.35. The molecule has 82 valence electrons. The highest BCUT2D eigenvalue weighted by atomic mass is 14.9. The molecule has 0 saturated carbocycles. The normalized spacial score (nSPS) is 23.5. The van der Waals surface area contributed by atoms with Gasteiger partial charge < -0.3 is 5.32 Å². The molecule has 1 nitrogen and oxygen atoms in total. The third-order valence-electron chi connectivity index (χ3n) is 2.50. The third kappa shape index (κ3) is 3.43. The summed E-state index contributed by atoms with van der Waals surface area (Å²) in [5, 5.41) is 3.44. The van der Waals surface area contributed by atoms with Crippen LogP contribution < -0.4 is 5.32 Å². The summed E-state index contributed by atoms with van der Waals surface area (Å²) in [7, 11) is 0. The van der Waals surface area contributed by atoms with Gasteiger partial charge in [-0.05, 0) is 31.4 Å². The van der Waals surface area contributed by atoms with Crippen molar-refractivity contribution in [2.45, 2.75) is 19.3 Å². The van der Waals surface area contributed by atoms with Crippen LogP contribution in [0, 0.1) is 0 Å². The van der Waals surface area contributed by atoms with E-state index in [0.717, 1.165) is 19.3 Å². The summed E-state index contributed by atoms with van der Waals surface area (Å²) in [6.45, 7) is 0. The molecule has 0 bridgehead atoms. The van der Waals surface area contributed by atoms with E-state index < -0.39 is 0 Å². The van der Waals surface area contributed by atoms with E-state index in [2.05, 4.69) is 66.1 Å². The number of allylic oxidation sites excluding steroid dienone is 10. The van der Waals surface area contributed by atoms with E-state index in [4.69, 9.17) is 0 Å². The average Bonchev–Trinajstić information content (AvgIpc) is 2.50. The van der Waals surface area contributed by atoms with Crippen LogP contribution in [0.2, 0.25) is 0 Å². The Balaban J connectivity index is 2.03. The van der Waals surface area contributed by atoms with Crippen LogP contribution in [0.3, 0.4) is 0 Å². The Kier molecular flexibility index (Phi) is 4.00. The van der Waals surface area contributed by atoms with Crippen LogP contribution in [0.4, 0.5) is 0 Å². The molecule has 1 N–H and O–H groups in total. The lowest BCUT2D eigenvalue weighted by molar-refractivity contribution is 1.01. The highest BCUT2D eigenvalue weighted by Gasteiger charge is 1.96. The Morgan fingerprint density at radius 2 is 1.44 bits per heavy atom. The molecule has 0 amide bonds. The minimum absolute atomic E-state index is 0.992. The number of hydrogen-bond donors (Lipinski definition) is 1. The summed E-state index contributed by atoms with van der Waals surface area (Å²) >= 11 is 0. The van der Waals surface area contributed by atoms with Crippen LogP contribution in [0.5, 0.6) is 0 Å². The van der Waals surface area contributed by atoms with Crippen molar-refractivity contribution in [3.8, 4) is 0 Å². The van der Waals surface area contributed by atoms with Gasteiger partial charge in [-0.3, -0.25) is 0 Å². The van der Waals surface area contributed by atoms with Crippen molar-refractivity contribution in [2.24, 2.45) is 0 Å². The lowest BCUT2D eigenvalue weighted by Crippen LogP contribution is -2.09. The van der Waals surface area contributed by atoms with E-state index in [9.17, 15) is 0 Å². The van der Waals surface area contributed by atoms with E-state index in [0.29, 0.717) is 0 Å². The first-order valence-electron chi connectivity index (χ1n) is 5.77. The van der Waals surface area contributed by atoms with E-state index in [1.807, 2.05) is 0 Å². The van der Waals surface area contributed by atoms with Gasteiger partial charge >= 0.3 is 0 Å². The van der Waals surface area contributed by atoms with E-state index in [-0.39, 0.29) is 0 Å². The van der Waals surface area contributed by atoms with Crippen LogP contribution in [-0.2, 0) is 0 Å². The number of nitrogens with one attached hydrogen (secondary N) is 1. The van der Waals surface area contributed by atoms with Crippen molar-refractivity contribution in [1.82, 2.24) is 5.32 Å². The Hall–Kier alpha value is -1.76. The van der Waals surface area contributed by atoms with Gasteiger partial charge in [-0.25, -0.2) is 0 Å². The van der Waals surface area contributed by atoms with Gasteiger partial charge in [-0.15, -0.1) is 0 Å². The first kappa shape index (κ1) is 10.7. The summed E-state index contributed by atoms with van der Waals surface area (Å²) in [5.74, 6) is 0. The standard InChI is InChI=1S/C15H17N/c1-2-6-10-14(11-7-3-1)16-15-12-8-4-5-9-13-15/h1-2,4-5,7-8,10-13,16H,3,6,9H2/b2-1-,11-7-,14-10?. The second kappa shape index (κ2) is 5.96. The van der Waals surface area contributed by atoms with Gasteiger partial charge in [0.15, 0.2) is 0 Å². The van der Waals surface area contributed by atoms with Gasteiger partial charge in [0, 0.05) is 11.4 Å². The van der Waals surface area contributed by atoms with Crippen LogP contribution in [0.25, 0.3) is 0 Å². The van der Waals surface area contributed by atoms with E-state index in [1.54, 1.807) is 0 Å². The lowest BCUT2D eigenvalue weighted by Gasteiger charge is -2.08. The van der Waals surface area contributed by atoms with Crippen molar-refractivity contribution in [3.63, 3.8) is 0 Å². The average molecular weight is 211 g/mol. The van der Waals surface area contributed by atoms with Crippen molar-refractivity contribution in [3.05, 3.63) is 72.2 Å². The monoisotopic (exact) mass is 211 g/mol. The van der Waals surface area contributed by atoms with Crippen molar-refractivity contribution in [1.29, 1.82) is 0 Å². The molecule has 0 aliphatic heterocycles. The SMILES string of the molecule is C1=CCC=C(NC2=CC/C=C\C/C=C\2)C=C1. The smallest absolute Gasteiger partial charge is 0.0346 e. The quantitative estimate of drug-likeness (QED) is 0.686. The molecule has 1 heteroatoms. The molecule has 16 heavy (non-hydrogen) atoms. The Morgan fingerprint density at radius 3 is 2.38 bits per heavy atom. The van der Waals surface area contributed by atoms with Gasteiger partial charge in [0.25, 0.3) is 0 Å². The molecular weight excluding hydrogens is 194 g/mol. The number of hydrogen-bond acceptors (Lipinski definition) is 1. The molecule has 0 spiro atoms. The highest BCUT2D eigenvalue weighted by molar-refractivity contribution is 5.32. The topological polar surface area (TPSA) is 12.0 Å². The molecule has 0 aromatic carbocycles. The molecule has 0 heterocycles. The predicted molar refractivity (Wildman–Crippen MR) is 69.7 cm³/mol. The Labute approximate surface area is 97.2 Å². The summed E-state index contributed by atoms with van der Waals surface area (Å²) in [4.78, 5) is 0. The number of rotatable bonds is 2. The lowest BCUT2D eigenvalue weighted by atomic mass is 10.2. The molecule has 0 atom stereocenters. The van der Waals surface area contributed by atoms with Crippen molar-refractivity contribution >= 4 is 0 Å². The van der Waals surface area contributed by atoms with E-state index in [1.165, 1.54) is 11.4 Å². The summed E-state index contributed by atoms with van der Waals surface area (Å²) < 4.78 is 0. The third-order valence-corrected chi connectivity index (χ3v) is 2.50. The van der Waals surface area contributed by atoms with Gasteiger partial charge in [0.1, 0.15) is 0 Å². The summed E-state index contributed by atoms with van der Waals surface area (Å²) in [6.07, 6.45) is 24.5. The Morgan fingerprint density at radius 1 is 0.688 bits per heavy atom. The molecule has 0 aromatic rings. The summed E-state index contributed by atoms with van der Waals surface area (Å²) in [6, 6.07) is 0. The maximum absolute atomic E-state index is 3.44. The first-order valence-corrected chi connectivity index (χ1v) is 5.77. The molecule has 0 unspecified atom stereocenters. The molecule has 2 aliphatic carbocycles. The molecule has 0 saturated heterocycles. The fourth-order valence-electron chi connectivity index (χ4n) is 1.66. The second-order valence-electron chi connectivity index (χ2n) is 3.81. The van der Waals surface area contributed by atoms with Crippen molar-refractivity contribution < 1.29 is 0 Å². The van der Waals surface area contributed by atoms with Crippen molar-refractivity contribution in [2.75, 3.05) is 0 Å². The van der Waals surface area contributed by atoms with Gasteiger partial charge in [-0.1, -0.05) is 48.6 Å². The molecule has 0 radical (unpaired) electrons. The van der Waals surface area contributed by atoms with Crippen LogP contribution >= 0.6 is 0 Å². The fourth-order valence-corrected chi connectivity index (χ4v) is 1.66. The minimum Gasteiger partial charge on any atom is -0.356 e. The molecule has 0 aromatic heterocycles.